The fraction of sp³-hybridized carbons (Fsp3) is 0.357. The van der Waals surface area contributed by atoms with Gasteiger partial charge in [-0.25, -0.2) is 4.79 Å². The second-order valence-corrected chi connectivity index (χ2v) is 4.60. The van der Waals surface area contributed by atoms with E-state index in [-0.39, 0.29) is 12.5 Å². The van der Waals surface area contributed by atoms with E-state index in [0.717, 1.165) is 5.56 Å². The number of hydrogen-bond donors (Lipinski definition) is 2. The third kappa shape index (κ3) is 6.53. The summed E-state index contributed by atoms with van der Waals surface area (Å²) in [6.07, 6.45) is 0.295. The number of benzene rings is 1. The van der Waals surface area contributed by atoms with Crippen LogP contribution in [-0.2, 0) is 25.5 Å². The lowest BCUT2D eigenvalue weighted by atomic mass is 10.1. The molecule has 0 spiro atoms. The average molecular weight is 294 g/mol. The largest absolute Gasteiger partial charge is 0.480 e. The van der Waals surface area contributed by atoms with Crippen molar-refractivity contribution in [2.45, 2.75) is 6.42 Å². The Labute approximate surface area is 122 Å². The lowest BCUT2D eigenvalue weighted by Gasteiger charge is -2.10. The standard InChI is InChI=1S/C14H18N2O5/c1-16(2)13(18)7-10-3-5-11(6-4-10)15-12(17)8-21-9-14(19)20/h3-6H,7-9H2,1-2H3,(H,15,17)(H,19,20). The molecule has 1 rings (SSSR count). The summed E-state index contributed by atoms with van der Waals surface area (Å²) >= 11 is 0. The van der Waals surface area contributed by atoms with Crippen LogP contribution in [-0.4, -0.2) is 55.1 Å². The quantitative estimate of drug-likeness (QED) is 0.757. The Bertz CT molecular complexity index is 511. The highest BCUT2D eigenvalue weighted by atomic mass is 16.5. The Balaban J connectivity index is 2.45. The third-order valence-corrected chi connectivity index (χ3v) is 2.55. The molecule has 0 aliphatic rings. The second-order valence-electron chi connectivity index (χ2n) is 4.60. The van der Waals surface area contributed by atoms with Crippen LogP contribution in [0.4, 0.5) is 5.69 Å². The molecule has 0 atom stereocenters. The van der Waals surface area contributed by atoms with E-state index in [1.54, 1.807) is 38.4 Å². The van der Waals surface area contributed by atoms with Gasteiger partial charge in [0.1, 0.15) is 13.2 Å². The van der Waals surface area contributed by atoms with Gasteiger partial charge in [-0.05, 0) is 17.7 Å². The normalized spacial score (nSPS) is 10.0. The Morgan fingerprint density at radius 3 is 2.29 bits per heavy atom. The number of ether oxygens (including phenoxy) is 1. The van der Waals surface area contributed by atoms with Crippen molar-refractivity contribution >= 4 is 23.5 Å². The van der Waals surface area contributed by atoms with Crippen molar-refractivity contribution in [1.82, 2.24) is 4.90 Å². The number of carbonyl (C=O) groups excluding carboxylic acids is 2. The predicted octanol–water partition coefficient (Wildman–Crippen LogP) is 0.357. The van der Waals surface area contributed by atoms with Crippen LogP contribution in [0.15, 0.2) is 24.3 Å². The number of anilines is 1. The lowest BCUT2D eigenvalue weighted by molar-refractivity contribution is -0.143. The Morgan fingerprint density at radius 1 is 1.14 bits per heavy atom. The summed E-state index contributed by atoms with van der Waals surface area (Å²) in [4.78, 5) is 34.7. The molecule has 0 saturated carbocycles. The van der Waals surface area contributed by atoms with Crippen LogP contribution in [0.25, 0.3) is 0 Å². The zero-order valence-electron chi connectivity index (χ0n) is 12.0. The molecule has 0 aliphatic carbocycles. The van der Waals surface area contributed by atoms with Gasteiger partial charge in [0.2, 0.25) is 11.8 Å². The minimum Gasteiger partial charge on any atom is -0.480 e. The number of aliphatic carboxylic acids is 1. The van der Waals surface area contributed by atoms with Gasteiger partial charge in [-0.2, -0.15) is 0 Å². The molecule has 2 amide bonds. The van der Waals surface area contributed by atoms with Crippen LogP contribution in [0.2, 0.25) is 0 Å². The summed E-state index contributed by atoms with van der Waals surface area (Å²) in [5.41, 5.74) is 1.40. The van der Waals surface area contributed by atoms with Gasteiger partial charge < -0.3 is 20.1 Å². The molecular weight excluding hydrogens is 276 g/mol. The van der Waals surface area contributed by atoms with Crippen molar-refractivity contribution in [3.8, 4) is 0 Å². The Morgan fingerprint density at radius 2 is 1.76 bits per heavy atom. The maximum Gasteiger partial charge on any atom is 0.329 e. The highest BCUT2D eigenvalue weighted by Gasteiger charge is 2.07. The van der Waals surface area contributed by atoms with Gasteiger partial charge in [-0.3, -0.25) is 9.59 Å². The number of nitrogens with zero attached hydrogens (tertiary/aromatic N) is 1. The summed E-state index contributed by atoms with van der Waals surface area (Å²) < 4.78 is 4.67. The summed E-state index contributed by atoms with van der Waals surface area (Å²) in [6.45, 7) is -0.841. The molecule has 2 N–H and O–H groups in total. The molecule has 1 aromatic carbocycles. The zero-order valence-corrected chi connectivity index (χ0v) is 12.0. The SMILES string of the molecule is CN(C)C(=O)Cc1ccc(NC(=O)COCC(=O)O)cc1. The minimum atomic E-state index is -1.13. The molecule has 21 heavy (non-hydrogen) atoms. The number of carboxylic acids is 1. The molecule has 0 aliphatic heterocycles. The first-order valence-corrected chi connectivity index (χ1v) is 6.27. The Kier molecular flexibility index (Phi) is 6.35. The number of rotatable bonds is 7. The lowest BCUT2D eigenvalue weighted by Crippen LogP contribution is -2.23. The third-order valence-electron chi connectivity index (χ3n) is 2.55. The monoisotopic (exact) mass is 294 g/mol. The van der Waals surface area contributed by atoms with E-state index in [2.05, 4.69) is 10.1 Å². The van der Waals surface area contributed by atoms with Crippen LogP contribution in [0.1, 0.15) is 5.56 Å². The molecule has 0 heterocycles. The van der Waals surface area contributed by atoms with Gasteiger partial charge >= 0.3 is 5.97 Å². The highest BCUT2D eigenvalue weighted by Crippen LogP contribution is 2.10. The van der Waals surface area contributed by atoms with E-state index in [9.17, 15) is 14.4 Å². The van der Waals surface area contributed by atoms with Crippen molar-refractivity contribution < 1.29 is 24.2 Å². The smallest absolute Gasteiger partial charge is 0.329 e. The van der Waals surface area contributed by atoms with Crippen molar-refractivity contribution in [2.24, 2.45) is 0 Å². The Hall–Kier alpha value is -2.41. The molecule has 0 saturated heterocycles. The molecule has 0 fully saturated rings. The van der Waals surface area contributed by atoms with E-state index in [1.807, 2.05) is 0 Å². The first-order chi connectivity index (χ1) is 9.88. The van der Waals surface area contributed by atoms with E-state index < -0.39 is 18.5 Å². The minimum absolute atomic E-state index is 0.00569. The number of likely N-dealkylation sites (N-methyl/N-ethyl adjacent to an activating group) is 1. The molecular formula is C14H18N2O5. The maximum absolute atomic E-state index is 11.5. The van der Waals surface area contributed by atoms with E-state index >= 15 is 0 Å². The number of nitrogens with one attached hydrogen (secondary N) is 1. The molecule has 1 aromatic rings. The molecule has 0 unspecified atom stereocenters. The summed E-state index contributed by atoms with van der Waals surface area (Å²) in [5, 5.41) is 10.9. The average Bonchev–Trinajstić information content (AvgIpc) is 2.40. The van der Waals surface area contributed by atoms with E-state index in [1.165, 1.54) is 4.90 Å². The van der Waals surface area contributed by atoms with Gasteiger partial charge in [-0.15, -0.1) is 0 Å². The number of amides is 2. The van der Waals surface area contributed by atoms with Gasteiger partial charge in [0, 0.05) is 19.8 Å². The second kappa shape index (κ2) is 8.01. The zero-order chi connectivity index (χ0) is 15.8. The van der Waals surface area contributed by atoms with Gasteiger partial charge in [0.15, 0.2) is 0 Å². The highest BCUT2D eigenvalue weighted by molar-refractivity contribution is 5.91. The summed E-state index contributed by atoms with van der Waals surface area (Å²) in [7, 11) is 3.38. The van der Waals surface area contributed by atoms with Crippen LogP contribution < -0.4 is 5.32 Å². The van der Waals surface area contributed by atoms with Crippen LogP contribution >= 0.6 is 0 Å². The van der Waals surface area contributed by atoms with Crippen molar-refractivity contribution in [1.29, 1.82) is 0 Å². The first-order valence-electron chi connectivity index (χ1n) is 6.27. The van der Waals surface area contributed by atoms with Gasteiger partial charge in [-0.1, -0.05) is 12.1 Å². The molecule has 0 bridgehead atoms. The van der Waals surface area contributed by atoms with Crippen LogP contribution in [0.3, 0.4) is 0 Å². The predicted molar refractivity (Wildman–Crippen MR) is 75.9 cm³/mol. The summed E-state index contributed by atoms with van der Waals surface area (Å²) in [5.74, 6) is -1.57. The van der Waals surface area contributed by atoms with Crippen molar-refractivity contribution in [2.75, 3.05) is 32.6 Å². The van der Waals surface area contributed by atoms with E-state index in [4.69, 9.17) is 5.11 Å². The molecule has 0 radical (unpaired) electrons. The van der Waals surface area contributed by atoms with Crippen LogP contribution in [0.5, 0.6) is 0 Å². The van der Waals surface area contributed by atoms with Gasteiger partial charge in [0.05, 0.1) is 6.42 Å². The molecule has 7 nitrogen and oxygen atoms in total. The maximum atomic E-state index is 11.5. The fourth-order valence-corrected chi connectivity index (χ4v) is 1.47. The van der Waals surface area contributed by atoms with Gasteiger partial charge in [0.25, 0.3) is 0 Å². The number of carbonyl (C=O) groups is 3. The van der Waals surface area contributed by atoms with Crippen molar-refractivity contribution in [3.05, 3.63) is 29.8 Å². The molecule has 0 aromatic heterocycles. The topological polar surface area (TPSA) is 95.9 Å². The fourth-order valence-electron chi connectivity index (χ4n) is 1.47. The van der Waals surface area contributed by atoms with Crippen LogP contribution in [0, 0.1) is 0 Å². The van der Waals surface area contributed by atoms with Crippen molar-refractivity contribution in [3.63, 3.8) is 0 Å². The summed E-state index contributed by atoms with van der Waals surface area (Å²) in [6, 6.07) is 6.84. The van der Waals surface area contributed by atoms with E-state index in [0.29, 0.717) is 12.1 Å². The number of hydrogen-bond acceptors (Lipinski definition) is 4. The molecule has 114 valence electrons. The first kappa shape index (κ1) is 16.6. The molecule has 7 heteroatoms. The number of carboxylic acid groups (broad SMARTS) is 1.